The number of carbonyl (C=O) groups excluding carboxylic acids is 1. The molecule has 8 heteroatoms. The standard InChI is InChI=1S/C23H17FN4OS2/c1-14-3-2-4-16(11-14)22-25-18(13-31-22)12-19(29)26-21-20(15-5-7-17(24)8-6-15)27-23-28(21)9-10-30-23/h2-11,13H,12H2,1H3,(H,26,29). The summed E-state index contributed by atoms with van der Waals surface area (Å²) in [6.07, 6.45) is 2.01. The first-order valence-corrected chi connectivity index (χ1v) is 11.4. The molecule has 0 atom stereocenters. The number of halogens is 1. The zero-order valence-corrected chi connectivity index (χ0v) is 18.1. The molecule has 0 fully saturated rings. The van der Waals surface area contributed by atoms with Gasteiger partial charge in [0.2, 0.25) is 5.91 Å². The van der Waals surface area contributed by atoms with Crippen LogP contribution >= 0.6 is 22.7 Å². The number of rotatable bonds is 5. The second-order valence-electron chi connectivity index (χ2n) is 7.11. The van der Waals surface area contributed by atoms with Crippen LogP contribution in [0.4, 0.5) is 10.2 Å². The Morgan fingerprint density at radius 3 is 2.74 bits per heavy atom. The average molecular weight is 449 g/mol. The van der Waals surface area contributed by atoms with Crippen LogP contribution in [0, 0.1) is 12.7 Å². The molecule has 1 N–H and O–H groups in total. The molecule has 0 aliphatic carbocycles. The number of fused-ring (bicyclic) bond motifs is 1. The predicted molar refractivity (Wildman–Crippen MR) is 123 cm³/mol. The van der Waals surface area contributed by atoms with Gasteiger partial charge in [-0.25, -0.2) is 14.4 Å². The highest BCUT2D eigenvalue weighted by Crippen LogP contribution is 2.31. The molecule has 0 radical (unpaired) electrons. The summed E-state index contributed by atoms with van der Waals surface area (Å²) in [4.78, 5) is 22.8. The lowest BCUT2D eigenvalue weighted by Crippen LogP contribution is -2.16. The highest BCUT2D eigenvalue weighted by molar-refractivity contribution is 7.15. The van der Waals surface area contributed by atoms with Gasteiger partial charge in [-0.3, -0.25) is 9.20 Å². The molecule has 154 valence electrons. The fourth-order valence-corrected chi connectivity index (χ4v) is 4.88. The highest BCUT2D eigenvalue weighted by atomic mass is 32.1. The number of thiazole rings is 2. The van der Waals surface area contributed by atoms with E-state index in [2.05, 4.69) is 21.4 Å². The zero-order valence-electron chi connectivity index (χ0n) is 16.5. The first-order valence-electron chi connectivity index (χ1n) is 9.59. The summed E-state index contributed by atoms with van der Waals surface area (Å²) in [5.74, 6) is 0.0720. The third kappa shape index (κ3) is 3.99. The van der Waals surface area contributed by atoms with E-state index in [9.17, 15) is 9.18 Å². The molecule has 5 aromatic rings. The molecule has 3 heterocycles. The van der Waals surface area contributed by atoms with Gasteiger partial charge in [-0.05, 0) is 37.3 Å². The lowest BCUT2D eigenvalue weighted by Gasteiger charge is -2.06. The second kappa shape index (κ2) is 8.05. The Hall–Kier alpha value is -3.36. The number of nitrogens with zero attached hydrogens (tertiary/aromatic N) is 3. The van der Waals surface area contributed by atoms with Crippen LogP contribution in [0.2, 0.25) is 0 Å². The van der Waals surface area contributed by atoms with Crippen molar-refractivity contribution in [1.29, 1.82) is 0 Å². The van der Waals surface area contributed by atoms with Gasteiger partial charge in [-0.1, -0.05) is 23.8 Å². The molecule has 5 rings (SSSR count). The van der Waals surface area contributed by atoms with Crippen LogP contribution in [-0.4, -0.2) is 20.3 Å². The van der Waals surface area contributed by atoms with E-state index in [1.807, 2.05) is 46.5 Å². The third-order valence-corrected chi connectivity index (χ3v) is 6.49. The van der Waals surface area contributed by atoms with Gasteiger partial charge in [0.15, 0.2) is 4.96 Å². The first kappa shape index (κ1) is 19.6. The number of amides is 1. The lowest BCUT2D eigenvalue weighted by molar-refractivity contribution is -0.115. The number of imidazole rings is 1. The SMILES string of the molecule is Cc1cccc(-c2nc(CC(=O)Nc3c(-c4ccc(F)cc4)nc4sccn34)cs2)c1. The summed E-state index contributed by atoms with van der Waals surface area (Å²) in [6, 6.07) is 14.2. The summed E-state index contributed by atoms with van der Waals surface area (Å²) < 4.78 is 15.2. The summed E-state index contributed by atoms with van der Waals surface area (Å²) in [5.41, 5.74) is 4.28. The molecule has 0 saturated carbocycles. The molecule has 0 saturated heterocycles. The third-order valence-electron chi connectivity index (χ3n) is 4.80. The number of hydrogen-bond acceptors (Lipinski definition) is 5. The van der Waals surface area contributed by atoms with E-state index in [1.165, 1.54) is 40.4 Å². The first-order chi connectivity index (χ1) is 15.1. The van der Waals surface area contributed by atoms with Gasteiger partial charge in [0, 0.05) is 28.1 Å². The van der Waals surface area contributed by atoms with E-state index in [-0.39, 0.29) is 18.1 Å². The van der Waals surface area contributed by atoms with Crippen LogP contribution in [0.3, 0.4) is 0 Å². The summed E-state index contributed by atoms with van der Waals surface area (Å²) in [6.45, 7) is 2.04. The number of hydrogen-bond donors (Lipinski definition) is 1. The second-order valence-corrected chi connectivity index (χ2v) is 8.84. The van der Waals surface area contributed by atoms with Gasteiger partial charge >= 0.3 is 0 Å². The summed E-state index contributed by atoms with van der Waals surface area (Å²) in [7, 11) is 0. The fourth-order valence-electron chi connectivity index (χ4n) is 3.35. The van der Waals surface area contributed by atoms with Crippen molar-refractivity contribution in [3.05, 3.63) is 82.6 Å². The fraction of sp³-hybridized carbons (Fsp3) is 0.0870. The van der Waals surface area contributed by atoms with Gasteiger partial charge in [0.1, 0.15) is 22.3 Å². The van der Waals surface area contributed by atoms with E-state index in [4.69, 9.17) is 0 Å². The van der Waals surface area contributed by atoms with Crippen LogP contribution in [0.15, 0.2) is 65.5 Å². The van der Waals surface area contributed by atoms with Gasteiger partial charge in [-0.2, -0.15) is 0 Å². The Morgan fingerprint density at radius 1 is 1.10 bits per heavy atom. The van der Waals surface area contributed by atoms with Gasteiger partial charge in [0.05, 0.1) is 12.1 Å². The molecular weight excluding hydrogens is 431 g/mol. The van der Waals surface area contributed by atoms with Crippen molar-refractivity contribution in [1.82, 2.24) is 14.4 Å². The minimum atomic E-state index is -0.316. The van der Waals surface area contributed by atoms with Gasteiger partial charge in [-0.15, -0.1) is 22.7 Å². The van der Waals surface area contributed by atoms with E-state index < -0.39 is 0 Å². The molecule has 2 aromatic carbocycles. The summed E-state index contributed by atoms with van der Waals surface area (Å²) in [5, 5.41) is 7.69. The molecule has 0 bridgehead atoms. The quantitative estimate of drug-likeness (QED) is 0.369. The van der Waals surface area contributed by atoms with Crippen molar-refractivity contribution in [3.63, 3.8) is 0 Å². The molecule has 0 aliphatic heterocycles. The molecule has 0 aliphatic rings. The molecule has 1 amide bonds. The van der Waals surface area contributed by atoms with Crippen LogP contribution in [-0.2, 0) is 11.2 Å². The largest absolute Gasteiger partial charge is 0.310 e. The van der Waals surface area contributed by atoms with Crippen LogP contribution in [0.25, 0.3) is 26.8 Å². The van der Waals surface area contributed by atoms with E-state index in [0.29, 0.717) is 17.2 Å². The van der Waals surface area contributed by atoms with Crippen molar-refractivity contribution < 1.29 is 9.18 Å². The molecule has 3 aromatic heterocycles. The Balaban J connectivity index is 1.39. The van der Waals surface area contributed by atoms with Crippen LogP contribution < -0.4 is 5.32 Å². The van der Waals surface area contributed by atoms with Crippen LogP contribution in [0.5, 0.6) is 0 Å². The topological polar surface area (TPSA) is 59.3 Å². The Bertz CT molecular complexity index is 1380. The molecule has 0 spiro atoms. The monoisotopic (exact) mass is 448 g/mol. The maximum atomic E-state index is 13.3. The van der Waals surface area contributed by atoms with Crippen LogP contribution in [0.1, 0.15) is 11.3 Å². The average Bonchev–Trinajstić information content (AvgIpc) is 3.47. The maximum Gasteiger partial charge on any atom is 0.231 e. The van der Waals surface area contributed by atoms with Crippen molar-refractivity contribution in [2.75, 3.05) is 5.32 Å². The maximum absolute atomic E-state index is 13.3. The van der Waals surface area contributed by atoms with Crippen molar-refractivity contribution >= 4 is 39.4 Å². The predicted octanol–water partition coefficient (Wildman–Crippen LogP) is 5.82. The number of carbonyl (C=O) groups is 1. The lowest BCUT2D eigenvalue weighted by atomic mass is 10.1. The zero-order chi connectivity index (χ0) is 21.4. The minimum absolute atomic E-state index is 0.155. The van der Waals surface area contributed by atoms with Gasteiger partial charge < -0.3 is 5.32 Å². The number of benzene rings is 2. The van der Waals surface area contributed by atoms with E-state index in [0.717, 1.165) is 21.1 Å². The molecular formula is C23H17FN4OS2. The van der Waals surface area contributed by atoms with Crippen molar-refractivity contribution in [2.45, 2.75) is 13.3 Å². The van der Waals surface area contributed by atoms with Gasteiger partial charge in [0.25, 0.3) is 0 Å². The highest BCUT2D eigenvalue weighted by Gasteiger charge is 2.18. The number of aryl methyl sites for hydroxylation is 1. The number of nitrogens with one attached hydrogen (secondary N) is 1. The molecule has 31 heavy (non-hydrogen) atoms. The summed E-state index contributed by atoms with van der Waals surface area (Å²) >= 11 is 2.99. The van der Waals surface area contributed by atoms with E-state index >= 15 is 0 Å². The Labute approximate surface area is 185 Å². The van der Waals surface area contributed by atoms with Crippen molar-refractivity contribution in [2.24, 2.45) is 0 Å². The molecule has 0 unspecified atom stereocenters. The van der Waals surface area contributed by atoms with Crippen molar-refractivity contribution in [3.8, 4) is 21.8 Å². The van der Waals surface area contributed by atoms with E-state index in [1.54, 1.807) is 12.1 Å². The Morgan fingerprint density at radius 2 is 1.94 bits per heavy atom. The molecule has 5 nitrogen and oxygen atoms in total. The number of anilines is 1. The minimum Gasteiger partial charge on any atom is -0.310 e. The smallest absolute Gasteiger partial charge is 0.231 e. The number of aromatic nitrogens is 3. The Kier molecular flexibility index (Phi) is 5.09. The normalized spacial score (nSPS) is 11.2.